The molecule has 3 heterocycles. The Kier molecular flexibility index (Phi) is 3.85. The number of fused-ring (bicyclic) bond motifs is 6. The Balaban J connectivity index is 1.64. The topological polar surface area (TPSA) is 38.9 Å². The summed E-state index contributed by atoms with van der Waals surface area (Å²) in [6.45, 7) is 6.79. The lowest BCUT2D eigenvalue weighted by Crippen LogP contribution is -2.12. The number of hydrogen-bond acceptors (Lipinski definition) is 3. The van der Waals surface area contributed by atoms with Crippen LogP contribution < -0.4 is 0 Å². The molecule has 0 atom stereocenters. The van der Waals surface area contributed by atoms with Gasteiger partial charge in [-0.3, -0.25) is 9.97 Å². The highest BCUT2D eigenvalue weighted by Gasteiger charge is 2.26. The van der Waals surface area contributed by atoms with E-state index in [-0.39, 0.29) is 5.41 Å². The van der Waals surface area contributed by atoms with Crippen LogP contribution in [0.1, 0.15) is 37.5 Å². The van der Waals surface area contributed by atoms with Crippen LogP contribution in [0.5, 0.6) is 0 Å². The smallest absolute Gasteiger partial charge is 0.161 e. The van der Waals surface area contributed by atoms with E-state index in [1.165, 1.54) is 27.5 Å². The van der Waals surface area contributed by atoms with Crippen molar-refractivity contribution in [3.8, 4) is 22.7 Å². The van der Waals surface area contributed by atoms with E-state index < -0.39 is 0 Å². The molecule has 0 saturated carbocycles. The van der Waals surface area contributed by atoms with Gasteiger partial charge in [-0.25, -0.2) is 0 Å². The lowest BCUT2D eigenvalue weighted by Gasteiger charge is -2.22. The van der Waals surface area contributed by atoms with E-state index in [9.17, 15) is 0 Å². The van der Waals surface area contributed by atoms with E-state index in [0.717, 1.165) is 46.5 Å². The van der Waals surface area contributed by atoms with Crippen molar-refractivity contribution in [1.82, 2.24) is 9.97 Å². The fourth-order valence-electron chi connectivity index (χ4n) is 4.89. The minimum atomic E-state index is 0.0226. The Morgan fingerprint density at radius 2 is 1.65 bits per heavy atom. The monoisotopic (exact) mass is 404 g/mol. The van der Waals surface area contributed by atoms with E-state index in [1.807, 2.05) is 18.5 Å². The summed E-state index contributed by atoms with van der Waals surface area (Å²) in [5.41, 5.74) is 7.69. The maximum absolute atomic E-state index is 6.52. The highest BCUT2D eigenvalue weighted by Crippen LogP contribution is 2.42. The Bertz CT molecular complexity index is 1470. The molecule has 3 heteroatoms. The number of aromatic nitrogens is 2. The third kappa shape index (κ3) is 2.80. The third-order valence-electron chi connectivity index (χ3n) is 6.40. The Morgan fingerprint density at radius 3 is 2.52 bits per heavy atom. The van der Waals surface area contributed by atoms with Crippen LogP contribution in [0.15, 0.2) is 71.4 Å². The molecule has 0 spiro atoms. The maximum Gasteiger partial charge on any atom is 0.161 e. The lowest BCUT2D eigenvalue weighted by molar-refractivity contribution is 0.596. The molecule has 0 radical (unpaired) electrons. The van der Waals surface area contributed by atoms with E-state index >= 15 is 0 Å². The molecule has 3 aromatic heterocycles. The van der Waals surface area contributed by atoms with E-state index in [1.54, 1.807) is 0 Å². The quantitative estimate of drug-likeness (QED) is 0.299. The van der Waals surface area contributed by atoms with E-state index in [2.05, 4.69) is 74.3 Å². The molecular formula is C28H24N2O. The molecule has 2 aromatic carbocycles. The third-order valence-corrected chi connectivity index (χ3v) is 6.40. The van der Waals surface area contributed by atoms with Crippen LogP contribution in [-0.2, 0) is 18.3 Å². The van der Waals surface area contributed by atoms with Gasteiger partial charge in [0.05, 0.1) is 0 Å². The van der Waals surface area contributed by atoms with Gasteiger partial charge in [-0.2, -0.15) is 0 Å². The van der Waals surface area contributed by atoms with Crippen molar-refractivity contribution in [2.24, 2.45) is 0 Å². The fourth-order valence-corrected chi connectivity index (χ4v) is 4.89. The van der Waals surface area contributed by atoms with E-state index in [4.69, 9.17) is 9.40 Å². The summed E-state index contributed by atoms with van der Waals surface area (Å²) in [4.78, 5) is 9.42. The highest BCUT2D eigenvalue weighted by atomic mass is 16.3. The van der Waals surface area contributed by atoms with Gasteiger partial charge in [0.1, 0.15) is 11.4 Å². The summed E-state index contributed by atoms with van der Waals surface area (Å²) >= 11 is 0. The van der Waals surface area contributed by atoms with Crippen molar-refractivity contribution in [3.05, 3.63) is 83.7 Å². The summed E-state index contributed by atoms with van der Waals surface area (Å²) in [6, 6.07) is 19.4. The summed E-state index contributed by atoms with van der Waals surface area (Å²) in [5.74, 6) is 0.905. The van der Waals surface area contributed by atoms with Gasteiger partial charge < -0.3 is 4.42 Å². The first-order chi connectivity index (χ1) is 15.0. The zero-order chi connectivity index (χ0) is 21.2. The second-order valence-corrected chi connectivity index (χ2v) is 9.45. The number of aryl methyl sites for hydroxylation is 2. The molecule has 1 aliphatic carbocycles. The molecule has 5 aromatic rings. The number of hydrogen-bond donors (Lipinski definition) is 0. The highest BCUT2D eigenvalue weighted by molar-refractivity contribution is 5.99. The van der Waals surface area contributed by atoms with Crippen LogP contribution in [0.4, 0.5) is 0 Å². The minimum Gasteiger partial charge on any atom is -0.452 e. The first-order valence-electron chi connectivity index (χ1n) is 10.9. The average Bonchev–Trinajstić information content (AvgIpc) is 3.17. The summed E-state index contributed by atoms with van der Waals surface area (Å²) in [7, 11) is 0. The van der Waals surface area contributed by atoms with Gasteiger partial charge in [-0.15, -0.1) is 0 Å². The van der Waals surface area contributed by atoms with Crippen LogP contribution in [0.2, 0.25) is 0 Å². The van der Waals surface area contributed by atoms with Gasteiger partial charge in [-0.05, 0) is 64.4 Å². The molecule has 3 nitrogen and oxygen atoms in total. The molecule has 0 saturated heterocycles. The second-order valence-electron chi connectivity index (χ2n) is 9.45. The Labute approximate surface area is 181 Å². The summed E-state index contributed by atoms with van der Waals surface area (Å²) in [6.07, 6.45) is 5.72. The van der Waals surface area contributed by atoms with Crippen molar-refractivity contribution >= 4 is 21.7 Å². The lowest BCUT2D eigenvalue weighted by atomic mass is 9.82. The second kappa shape index (κ2) is 6.52. The van der Waals surface area contributed by atoms with Crippen molar-refractivity contribution < 1.29 is 4.42 Å². The van der Waals surface area contributed by atoms with Crippen LogP contribution in [0, 0.1) is 0 Å². The normalized spacial score (nSPS) is 13.4. The van der Waals surface area contributed by atoms with Gasteiger partial charge in [0.15, 0.2) is 11.3 Å². The predicted molar refractivity (Wildman–Crippen MR) is 126 cm³/mol. The van der Waals surface area contributed by atoms with Crippen molar-refractivity contribution in [2.45, 2.75) is 39.0 Å². The minimum absolute atomic E-state index is 0.0226. The number of pyridine rings is 2. The van der Waals surface area contributed by atoms with Gasteiger partial charge >= 0.3 is 0 Å². The SMILES string of the molecule is CC(C)(C)c1cc(-c2nccc3c4c(oc23)-c2ncccc2CC4)cc2ccccc12. The summed E-state index contributed by atoms with van der Waals surface area (Å²) in [5, 5.41) is 3.68. The molecule has 0 aliphatic heterocycles. The number of furan rings is 1. The van der Waals surface area contributed by atoms with E-state index in [0.29, 0.717) is 0 Å². The van der Waals surface area contributed by atoms with Crippen molar-refractivity contribution in [1.29, 1.82) is 0 Å². The largest absolute Gasteiger partial charge is 0.452 e. The summed E-state index contributed by atoms with van der Waals surface area (Å²) < 4.78 is 6.52. The van der Waals surface area contributed by atoms with Gasteiger partial charge in [0.25, 0.3) is 0 Å². The standard InChI is InChI=1S/C28H24N2O/c1-28(2,3)23-16-19(15-18-7-4-5-9-20(18)23)25-27-22(12-14-30-25)21-11-10-17-8-6-13-29-24(17)26(21)31-27/h4-9,12-16H,10-11H2,1-3H3. The first kappa shape index (κ1) is 18.3. The molecule has 0 N–H and O–H groups in total. The Morgan fingerprint density at radius 1 is 0.806 bits per heavy atom. The molecule has 0 bridgehead atoms. The average molecular weight is 405 g/mol. The van der Waals surface area contributed by atoms with Gasteiger partial charge in [-0.1, -0.05) is 51.1 Å². The van der Waals surface area contributed by atoms with Crippen molar-refractivity contribution in [2.75, 3.05) is 0 Å². The Hall–Kier alpha value is -3.46. The van der Waals surface area contributed by atoms with Gasteiger partial charge in [0.2, 0.25) is 0 Å². The zero-order valence-electron chi connectivity index (χ0n) is 18.1. The van der Waals surface area contributed by atoms with Crippen LogP contribution in [0.25, 0.3) is 44.5 Å². The maximum atomic E-state index is 6.52. The van der Waals surface area contributed by atoms with Crippen LogP contribution >= 0.6 is 0 Å². The molecule has 31 heavy (non-hydrogen) atoms. The molecule has 0 amide bonds. The number of benzene rings is 2. The number of nitrogens with zero attached hydrogens (tertiary/aromatic N) is 2. The first-order valence-corrected chi connectivity index (χ1v) is 10.9. The molecule has 6 rings (SSSR count). The molecular weight excluding hydrogens is 380 g/mol. The molecule has 0 unspecified atom stereocenters. The predicted octanol–water partition coefficient (Wildman–Crippen LogP) is 7.11. The molecule has 1 aliphatic rings. The fraction of sp³-hybridized carbons (Fsp3) is 0.214. The zero-order valence-corrected chi connectivity index (χ0v) is 18.1. The van der Waals surface area contributed by atoms with Gasteiger partial charge in [0, 0.05) is 28.9 Å². The molecule has 0 fully saturated rings. The van der Waals surface area contributed by atoms with Crippen molar-refractivity contribution in [3.63, 3.8) is 0 Å². The van der Waals surface area contributed by atoms with Crippen LogP contribution in [0.3, 0.4) is 0 Å². The molecule has 152 valence electrons. The number of rotatable bonds is 1. The van der Waals surface area contributed by atoms with Crippen LogP contribution in [-0.4, -0.2) is 9.97 Å².